The van der Waals surface area contributed by atoms with Gasteiger partial charge in [0.15, 0.2) is 6.61 Å². The molecule has 1 fully saturated rings. The number of carbonyl (C=O) groups excluding carboxylic acids is 2. The number of ketones is 1. The van der Waals surface area contributed by atoms with Crippen LogP contribution in [0.4, 0.5) is 0 Å². The third kappa shape index (κ3) is 4.65. The van der Waals surface area contributed by atoms with Crippen molar-refractivity contribution in [1.29, 1.82) is 0 Å². The first kappa shape index (κ1) is 22.2. The summed E-state index contributed by atoms with van der Waals surface area (Å²) in [6.07, 6.45) is 2.23. The van der Waals surface area contributed by atoms with Crippen LogP contribution >= 0.6 is 0 Å². The number of benzene rings is 1. The van der Waals surface area contributed by atoms with E-state index in [9.17, 15) is 18.0 Å². The quantitative estimate of drug-likeness (QED) is 0.509. The SMILES string of the molecule is Cc1ccc(S(=O)(=O)NC(C)C)cc1C(=O)OCC(=O)c1cc(C)n(C2CC2)c1C. The van der Waals surface area contributed by atoms with Crippen molar-refractivity contribution in [3.05, 3.63) is 52.3 Å². The average molecular weight is 433 g/mol. The monoisotopic (exact) mass is 432 g/mol. The van der Waals surface area contributed by atoms with E-state index in [2.05, 4.69) is 9.29 Å². The molecule has 7 nitrogen and oxygen atoms in total. The number of nitrogens with one attached hydrogen (secondary N) is 1. The van der Waals surface area contributed by atoms with Crippen molar-refractivity contribution in [1.82, 2.24) is 9.29 Å². The van der Waals surface area contributed by atoms with Gasteiger partial charge in [-0.2, -0.15) is 0 Å². The van der Waals surface area contributed by atoms with E-state index in [0.717, 1.165) is 24.2 Å². The van der Waals surface area contributed by atoms with E-state index in [1.807, 2.05) is 19.9 Å². The number of hydrogen-bond donors (Lipinski definition) is 1. The van der Waals surface area contributed by atoms with Crippen LogP contribution in [0.3, 0.4) is 0 Å². The standard InChI is InChI=1S/C22H28N2O5S/c1-13(2)23-30(27,28)18-9-6-14(3)19(11-18)22(26)29-12-21(25)20-10-15(4)24(16(20)5)17-7-8-17/h6,9-11,13,17,23H,7-8,12H2,1-5H3. The molecule has 0 atom stereocenters. The maximum atomic E-state index is 12.6. The number of aryl methyl sites for hydroxylation is 2. The first-order valence-electron chi connectivity index (χ1n) is 10.0. The number of esters is 1. The first-order valence-corrected chi connectivity index (χ1v) is 11.5. The molecule has 0 amide bonds. The number of carbonyl (C=O) groups is 2. The molecule has 30 heavy (non-hydrogen) atoms. The summed E-state index contributed by atoms with van der Waals surface area (Å²) >= 11 is 0. The average Bonchev–Trinajstić information content (AvgIpc) is 3.43. The Bertz CT molecular complexity index is 1090. The van der Waals surface area contributed by atoms with Crippen molar-refractivity contribution in [2.45, 2.75) is 64.4 Å². The maximum absolute atomic E-state index is 12.6. The smallest absolute Gasteiger partial charge is 0.338 e. The van der Waals surface area contributed by atoms with Gasteiger partial charge in [0.25, 0.3) is 0 Å². The topological polar surface area (TPSA) is 94.5 Å². The molecular formula is C22H28N2O5S. The van der Waals surface area contributed by atoms with Gasteiger partial charge in [-0.15, -0.1) is 0 Å². The van der Waals surface area contributed by atoms with E-state index in [4.69, 9.17) is 4.74 Å². The van der Waals surface area contributed by atoms with Crippen LogP contribution in [-0.2, 0) is 14.8 Å². The fraction of sp³-hybridized carbons (Fsp3) is 0.455. The summed E-state index contributed by atoms with van der Waals surface area (Å²) < 4.78 is 34.7. The Balaban J connectivity index is 1.74. The third-order valence-electron chi connectivity index (χ3n) is 5.16. The van der Waals surface area contributed by atoms with Crippen molar-refractivity contribution < 1.29 is 22.7 Å². The lowest BCUT2D eigenvalue weighted by Gasteiger charge is -2.12. The summed E-state index contributed by atoms with van der Waals surface area (Å²) in [5.74, 6) is -0.996. The Hall–Kier alpha value is -2.45. The molecule has 1 aliphatic rings. The Kier molecular flexibility index (Phi) is 6.19. The lowest BCUT2D eigenvalue weighted by atomic mass is 10.1. The number of ether oxygens (including phenoxy) is 1. The molecule has 3 rings (SSSR count). The van der Waals surface area contributed by atoms with E-state index in [-0.39, 0.29) is 22.3 Å². The lowest BCUT2D eigenvalue weighted by Crippen LogP contribution is -2.30. The van der Waals surface area contributed by atoms with Gasteiger partial charge in [0.2, 0.25) is 15.8 Å². The molecule has 1 aliphatic carbocycles. The summed E-state index contributed by atoms with van der Waals surface area (Å²) in [5, 5.41) is 0. The predicted molar refractivity (Wildman–Crippen MR) is 113 cm³/mol. The van der Waals surface area contributed by atoms with Crippen molar-refractivity contribution in [2.75, 3.05) is 6.61 Å². The molecular weight excluding hydrogens is 404 g/mol. The van der Waals surface area contributed by atoms with Crippen molar-refractivity contribution in [3.8, 4) is 0 Å². The molecule has 1 heterocycles. The molecule has 1 N–H and O–H groups in total. The minimum atomic E-state index is -3.74. The summed E-state index contributed by atoms with van der Waals surface area (Å²) in [6.45, 7) is 8.59. The number of rotatable bonds is 8. The highest BCUT2D eigenvalue weighted by Crippen LogP contribution is 2.38. The Morgan fingerprint density at radius 3 is 2.40 bits per heavy atom. The van der Waals surface area contributed by atoms with E-state index in [1.54, 1.807) is 26.8 Å². The molecule has 8 heteroatoms. The molecule has 0 saturated heterocycles. The highest BCUT2D eigenvalue weighted by Gasteiger charge is 2.28. The normalized spacial score (nSPS) is 14.2. The van der Waals surface area contributed by atoms with Gasteiger partial charge in [0.05, 0.1) is 10.5 Å². The van der Waals surface area contributed by atoms with Gasteiger partial charge < -0.3 is 9.30 Å². The van der Waals surface area contributed by atoms with Gasteiger partial charge in [-0.3, -0.25) is 4.79 Å². The van der Waals surface area contributed by atoms with Crippen molar-refractivity contribution in [3.63, 3.8) is 0 Å². The summed E-state index contributed by atoms with van der Waals surface area (Å²) in [7, 11) is -3.74. The van der Waals surface area contributed by atoms with Crippen LogP contribution in [0.5, 0.6) is 0 Å². The van der Waals surface area contributed by atoms with Gasteiger partial charge in [-0.05, 0) is 71.2 Å². The van der Waals surface area contributed by atoms with E-state index >= 15 is 0 Å². The van der Waals surface area contributed by atoms with Crippen LogP contribution in [0.1, 0.15) is 70.4 Å². The minimum Gasteiger partial charge on any atom is -0.454 e. The molecule has 1 aromatic heterocycles. The third-order valence-corrected chi connectivity index (χ3v) is 6.82. The molecule has 1 saturated carbocycles. The number of Topliss-reactive ketones (excluding diaryl/α,β-unsaturated/α-hetero) is 1. The summed E-state index contributed by atoms with van der Waals surface area (Å²) in [6, 6.07) is 6.29. The number of aromatic nitrogens is 1. The zero-order valence-electron chi connectivity index (χ0n) is 18.0. The largest absolute Gasteiger partial charge is 0.454 e. The highest BCUT2D eigenvalue weighted by molar-refractivity contribution is 7.89. The minimum absolute atomic E-state index is 0.0203. The second-order valence-electron chi connectivity index (χ2n) is 8.14. The molecule has 0 aliphatic heterocycles. The zero-order chi connectivity index (χ0) is 22.2. The molecule has 162 valence electrons. The fourth-order valence-electron chi connectivity index (χ4n) is 3.61. The van der Waals surface area contributed by atoms with Crippen LogP contribution in [-0.4, -0.2) is 37.4 Å². The molecule has 0 bridgehead atoms. The second kappa shape index (κ2) is 8.35. The molecule has 0 radical (unpaired) electrons. The molecule has 2 aromatic rings. The molecule has 1 aromatic carbocycles. The van der Waals surface area contributed by atoms with Gasteiger partial charge in [0, 0.05) is 29.0 Å². The van der Waals surface area contributed by atoms with Gasteiger partial charge in [-0.1, -0.05) is 6.07 Å². The van der Waals surface area contributed by atoms with Gasteiger partial charge in [-0.25, -0.2) is 17.9 Å². The number of sulfonamides is 1. The Morgan fingerprint density at radius 2 is 1.80 bits per heavy atom. The van der Waals surface area contributed by atoms with Gasteiger partial charge in [0.1, 0.15) is 0 Å². The van der Waals surface area contributed by atoms with Crippen molar-refractivity contribution >= 4 is 21.8 Å². The Labute approximate surface area is 177 Å². The van der Waals surface area contributed by atoms with Crippen molar-refractivity contribution in [2.24, 2.45) is 0 Å². The fourth-order valence-corrected chi connectivity index (χ4v) is 4.88. The summed E-state index contributed by atoms with van der Waals surface area (Å²) in [4.78, 5) is 25.2. The maximum Gasteiger partial charge on any atom is 0.338 e. The number of nitrogens with zero attached hydrogens (tertiary/aromatic N) is 1. The second-order valence-corrected chi connectivity index (χ2v) is 9.85. The highest BCUT2D eigenvalue weighted by atomic mass is 32.2. The van der Waals surface area contributed by atoms with Crippen LogP contribution in [0.25, 0.3) is 0 Å². The predicted octanol–water partition coefficient (Wildman–Crippen LogP) is 3.47. The first-order chi connectivity index (χ1) is 14.0. The van der Waals surface area contributed by atoms with E-state index in [0.29, 0.717) is 17.2 Å². The van der Waals surface area contributed by atoms with Crippen LogP contribution in [0, 0.1) is 20.8 Å². The van der Waals surface area contributed by atoms with Crippen LogP contribution < -0.4 is 4.72 Å². The van der Waals surface area contributed by atoms with E-state index < -0.39 is 22.6 Å². The zero-order valence-corrected chi connectivity index (χ0v) is 18.8. The van der Waals surface area contributed by atoms with E-state index in [1.165, 1.54) is 12.1 Å². The summed E-state index contributed by atoms with van der Waals surface area (Å²) in [5.41, 5.74) is 3.17. The van der Waals surface area contributed by atoms with Crippen LogP contribution in [0.2, 0.25) is 0 Å². The molecule has 0 unspecified atom stereocenters. The van der Waals surface area contributed by atoms with Crippen LogP contribution in [0.15, 0.2) is 29.2 Å². The molecule has 0 spiro atoms. The lowest BCUT2D eigenvalue weighted by molar-refractivity contribution is 0.0473. The number of hydrogen-bond acceptors (Lipinski definition) is 5. The van der Waals surface area contributed by atoms with Gasteiger partial charge >= 0.3 is 5.97 Å². The Morgan fingerprint density at radius 1 is 1.13 bits per heavy atom.